The van der Waals surface area contributed by atoms with E-state index >= 15 is 0 Å². The maximum atomic E-state index is 11.1. The summed E-state index contributed by atoms with van der Waals surface area (Å²) in [6.45, 7) is 2.29. The minimum atomic E-state index is -0.414. The van der Waals surface area contributed by atoms with Gasteiger partial charge in [-0.2, -0.15) is 10.1 Å². The van der Waals surface area contributed by atoms with Crippen molar-refractivity contribution in [3.63, 3.8) is 0 Å². The molecule has 0 radical (unpaired) electrons. The molecule has 2 heterocycles. The second-order valence-electron chi connectivity index (χ2n) is 3.90. The van der Waals surface area contributed by atoms with E-state index in [1.165, 1.54) is 11.1 Å². The lowest BCUT2D eigenvalue weighted by Gasteiger charge is -2.04. The van der Waals surface area contributed by atoms with E-state index in [2.05, 4.69) is 25.1 Å². The Morgan fingerprint density at radius 2 is 2.37 bits per heavy atom. The SMILES string of the molecule is CCc1nn(C)c(NCCc2ncon2)c1[N+](=O)[O-]. The third-order valence-corrected chi connectivity index (χ3v) is 2.66. The molecule has 0 aliphatic heterocycles. The predicted octanol–water partition coefficient (Wildman–Crippen LogP) is 0.928. The summed E-state index contributed by atoms with van der Waals surface area (Å²) in [6.07, 6.45) is 2.27. The number of aryl methyl sites for hydroxylation is 2. The van der Waals surface area contributed by atoms with E-state index in [4.69, 9.17) is 0 Å². The smallest absolute Gasteiger partial charge is 0.333 e. The van der Waals surface area contributed by atoms with Crippen LogP contribution >= 0.6 is 0 Å². The lowest BCUT2D eigenvalue weighted by atomic mass is 10.3. The normalized spacial score (nSPS) is 10.6. The first-order chi connectivity index (χ1) is 9.13. The quantitative estimate of drug-likeness (QED) is 0.611. The van der Waals surface area contributed by atoms with Gasteiger partial charge in [-0.3, -0.25) is 10.1 Å². The number of nitrogens with one attached hydrogen (secondary N) is 1. The molecule has 0 fully saturated rings. The van der Waals surface area contributed by atoms with Gasteiger partial charge in [0.25, 0.3) is 0 Å². The van der Waals surface area contributed by atoms with Gasteiger partial charge in [0.1, 0.15) is 5.69 Å². The number of rotatable bonds is 6. The molecule has 102 valence electrons. The first kappa shape index (κ1) is 13.0. The summed E-state index contributed by atoms with van der Waals surface area (Å²) in [5.41, 5.74) is 0.493. The number of hydrogen-bond donors (Lipinski definition) is 1. The molecular formula is C10H14N6O3. The van der Waals surface area contributed by atoms with Crippen LogP contribution in [0.1, 0.15) is 18.4 Å². The second-order valence-corrected chi connectivity index (χ2v) is 3.90. The van der Waals surface area contributed by atoms with E-state index in [0.717, 1.165) is 0 Å². The van der Waals surface area contributed by atoms with Gasteiger partial charge in [-0.15, -0.1) is 0 Å². The van der Waals surface area contributed by atoms with Crippen molar-refractivity contribution in [1.29, 1.82) is 0 Å². The molecule has 2 rings (SSSR count). The van der Waals surface area contributed by atoms with Crippen LogP contribution < -0.4 is 5.32 Å². The Morgan fingerprint density at radius 3 is 2.95 bits per heavy atom. The van der Waals surface area contributed by atoms with Crippen LogP contribution in [0.25, 0.3) is 0 Å². The molecule has 2 aromatic heterocycles. The molecule has 1 N–H and O–H groups in total. The first-order valence-corrected chi connectivity index (χ1v) is 5.82. The number of aromatic nitrogens is 4. The molecule has 0 aliphatic carbocycles. The second kappa shape index (κ2) is 5.46. The fourth-order valence-electron chi connectivity index (χ4n) is 1.79. The molecule has 0 amide bonds. The Kier molecular flexibility index (Phi) is 3.74. The molecular weight excluding hydrogens is 252 g/mol. The van der Waals surface area contributed by atoms with Crippen LogP contribution in [0.2, 0.25) is 0 Å². The van der Waals surface area contributed by atoms with Gasteiger partial charge in [0.05, 0.1) is 4.92 Å². The molecule has 19 heavy (non-hydrogen) atoms. The first-order valence-electron chi connectivity index (χ1n) is 5.82. The molecule has 0 aromatic carbocycles. The monoisotopic (exact) mass is 266 g/mol. The van der Waals surface area contributed by atoms with Crippen LogP contribution in [-0.4, -0.2) is 31.4 Å². The number of nitro groups is 1. The molecule has 0 aliphatic rings. The fraction of sp³-hybridized carbons (Fsp3) is 0.500. The summed E-state index contributed by atoms with van der Waals surface area (Å²) in [5, 5.41) is 21.9. The highest BCUT2D eigenvalue weighted by molar-refractivity contribution is 5.59. The third kappa shape index (κ3) is 2.69. The summed E-state index contributed by atoms with van der Waals surface area (Å²) >= 11 is 0. The Labute approximate surface area is 108 Å². The van der Waals surface area contributed by atoms with E-state index in [-0.39, 0.29) is 5.69 Å². The van der Waals surface area contributed by atoms with Crippen LogP contribution in [0.4, 0.5) is 11.5 Å². The van der Waals surface area contributed by atoms with Crippen molar-refractivity contribution in [2.75, 3.05) is 11.9 Å². The Bertz CT molecular complexity index is 562. The van der Waals surface area contributed by atoms with Crippen LogP contribution in [0, 0.1) is 10.1 Å². The summed E-state index contributed by atoms with van der Waals surface area (Å²) in [6, 6.07) is 0. The number of nitrogens with zero attached hydrogens (tertiary/aromatic N) is 5. The largest absolute Gasteiger partial charge is 0.364 e. The third-order valence-electron chi connectivity index (χ3n) is 2.66. The maximum Gasteiger partial charge on any atom is 0.333 e. The topological polar surface area (TPSA) is 112 Å². The van der Waals surface area contributed by atoms with Gasteiger partial charge in [-0.05, 0) is 6.42 Å². The van der Waals surface area contributed by atoms with E-state index in [0.29, 0.717) is 36.7 Å². The Balaban J connectivity index is 2.10. The van der Waals surface area contributed by atoms with Crippen molar-refractivity contribution in [3.05, 3.63) is 28.0 Å². The highest BCUT2D eigenvalue weighted by Gasteiger charge is 2.25. The molecule has 9 nitrogen and oxygen atoms in total. The van der Waals surface area contributed by atoms with Gasteiger partial charge >= 0.3 is 5.69 Å². The molecule has 0 saturated heterocycles. The molecule has 0 spiro atoms. The average molecular weight is 266 g/mol. The maximum absolute atomic E-state index is 11.1. The van der Waals surface area contributed by atoms with Crippen LogP contribution in [0.15, 0.2) is 10.9 Å². The van der Waals surface area contributed by atoms with Crippen molar-refractivity contribution in [1.82, 2.24) is 19.9 Å². The zero-order valence-electron chi connectivity index (χ0n) is 10.7. The lowest BCUT2D eigenvalue weighted by Crippen LogP contribution is -2.10. The summed E-state index contributed by atoms with van der Waals surface area (Å²) in [4.78, 5) is 14.5. The fourth-order valence-corrected chi connectivity index (χ4v) is 1.79. The van der Waals surface area contributed by atoms with Crippen molar-refractivity contribution < 1.29 is 9.45 Å². The van der Waals surface area contributed by atoms with Gasteiger partial charge < -0.3 is 9.84 Å². The minimum Gasteiger partial charge on any atom is -0.364 e. The molecule has 0 atom stereocenters. The Morgan fingerprint density at radius 1 is 1.58 bits per heavy atom. The molecule has 9 heteroatoms. The van der Waals surface area contributed by atoms with E-state index in [1.54, 1.807) is 7.05 Å². The minimum absolute atomic E-state index is 0.0260. The molecule has 0 bridgehead atoms. The van der Waals surface area contributed by atoms with E-state index < -0.39 is 4.92 Å². The van der Waals surface area contributed by atoms with Gasteiger partial charge in [0.2, 0.25) is 12.2 Å². The van der Waals surface area contributed by atoms with Gasteiger partial charge in [0.15, 0.2) is 5.82 Å². The molecule has 0 unspecified atom stereocenters. The highest BCUT2D eigenvalue weighted by atomic mass is 16.6. The predicted molar refractivity (Wildman–Crippen MR) is 65.7 cm³/mol. The van der Waals surface area contributed by atoms with Crippen LogP contribution in [0.5, 0.6) is 0 Å². The lowest BCUT2D eigenvalue weighted by molar-refractivity contribution is -0.384. The van der Waals surface area contributed by atoms with Gasteiger partial charge in [-0.25, -0.2) is 4.68 Å². The number of anilines is 1. The van der Waals surface area contributed by atoms with Gasteiger partial charge in [-0.1, -0.05) is 12.1 Å². The summed E-state index contributed by atoms with van der Waals surface area (Å²) < 4.78 is 6.09. The van der Waals surface area contributed by atoms with Crippen LogP contribution in [0.3, 0.4) is 0 Å². The average Bonchev–Trinajstić information content (AvgIpc) is 2.97. The molecule has 2 aromatic rings. The van der Waals surface area contributed by atoms with Crippen molar-refractivity contribution >= 4 is 11.5 Å². The van der Waals surface area contributed by atoms with Crippen molar-refractivity contribution in [2.45, 2.75) is 19.8 Å². The summed E-state index contributed by atoms with van der Waals surface area (Å²) in [7, 11) is 1.67. The van der Waals surface area contributed by atoms with Crippen molar-refractivity contribution in [3.8, 4) is 0 Å². The zero-order chi connectivity index (χ0) is 13.8. The zero-order valence-corrected chi connectivity index (χ0v) is 10.7. The van der Waals surface area contributed by atoms with Crippen molar-refractivity contribution in [2.24, 2.45) is 7.05 Å². The highest BCUT2D eigenvalue weighted by Crippen LogP contribution is 2.28. The molecule has 0 saturated carbocycles. The Hall–Kier alpha value is -2.45. The van der Waals surface area contributed by atoms with Crippen LogP contribution in [-0.2, 0) is 19.9 Å². The summed E-state index contributed by atoms with van der Waals surface area (Å²) in [5.74, 6) is 0.943. The number of hydrogen-bond acceptors (Lipinski definition) is 7. The standard InChI is InChI=1S/C10H14N6O3/c1-3-7-9(16(17)18)10(15(2)13-7)11-5-4-8-12-6-19-14-8/h6,11H,3-5H2,1-2H3. The van der Waals surface area contributed by atoms with E-state index in [9.17, 15) is 10.1 Å². The van der Waals surface area contributed by atoms with Gasteiger partial charge in [0, 0.05) is 20.0 Å². The van der Waals surface area contributed by atoms with E-state index in [1.807, 2.05) is 6.92 Å².